The fourth-order valence-electron chi connectivity index (χ4n) is 4.32. The van der Waals surface area contributed by atoms with Gasteiger partial charge in [0.2, 0.25) is 5.91 Å². The van der Waals surface area contributed by atoms with Crippen LogP contribution < -0.4 is 10.1 Å². The van der Waals surface area contributed by atoms with Crippen LogP contribution in [0.5, 0.6) is 11.5 Å². The normalized spacial score (nSPS) is 15.7. The Bertz CT molecular complexity index is 1140. The number of fused-ring (bicyclic) bond motifs is 1. The number of nitrogens with one attached hydrogen (secondary N) is 1. The number of carbonyl (C=O) groups is 2. The summed E-state index contributed by atoms with van der Waals surface area (Å²) in [5, 5.41) is 15.2. The van der Waals surface area contributed by atoms with Gasteiger partial charge in [0, 0.05) is 18.5 Å². The van der Waals surface area contributed by atoms with Crippen molar-refractivity contribution in [2.24, 2.45) is 0 Å². The van der Waals surface area contributed by atoms with E-state index < -0.39 is 6.04 Å². The number of benzene rings is 3. The largest absolute Gasteiger partial charge is 0.506 e. The minimum atomic E-state index is -0.523. The van der Waals surface area contributed by atoms with Crippen LogP contribution in [-0.4, -0.2) is 47.1 Å². The highest BCUT2D eigenvalue weighted by molar-refractivity contribution is 6.05. The summed E-state index contributed by atoms with van der Waals surface area (Å²) in [4.78, 5) is 27.7. The number of phenols is 1. The van der Waals surface area contributed by atoms with E-state index in [1.54, 1.807) is 17.0 Å². The Labute approximate surface area is 194 Å². The molecule has 0 saturated carbocycles. The van der Waals surface area contributed by atoms with Crippen molar-refractivity contribution in [3.8, 4) is 11.5 Å². The number of hydrogen-bond donors (Lipinski definition) is 2. The van der Waals surface area contributed by atoms with Gasteiger partial charge in [-0.05, 0) is 62.3 Å². The molecule has 0 bridgehead atoms. The first-order chi connectivity index (χ1) is 15.9. The van der Waals surface area contributed by atoms with E-state index in [2.05, 4.69) is 5.32 Å². The van der Waals surface area contributed by atoms with Gasteiger partial charge in [0.25, 0.3) is 5.91 Å². The minimum Gasteiger partial charge on any atom is -0.506 e. The van der Waals surface area contributed by atoms with Gasteiger partial charge in [-0.1, -0.05) is 42.5 Å². The summed E-state index contributed by atoms with van der Waals surface area (Å²) in [6, 6.07) is 18.2. The van der Waals surface area contributed by atoms with Gasteiger partial charge in [0.1, 0.15) is 17.5 Å². The lowest BCUT2D eigenvalue weighted by molar-refractivity contribution is -0.124. The average Bonchev–Trinajstić information content (AvgIpc) is 3.30. The first-order valence-electron chi connectivity index (χ1n) is 11.5. The topological polar surface area (TPSA) is 78.9 Å². The number of hydrogen-bond acceptors (Lipinski definition) is 4. The van der Waals surface area contributed by atoms with Crippen LogP contribution in [0.3, 0.4) is 0 Å². The zero-order valence-electron chi connectivity index (χ0n) is 19.1. The number of amides is 2. The minimum absolute atomic E-state index is 0.0333. The smallest absolute Gasteiger partial charge is 0.258 e. The van der Waals surface area contributed by atoms with Gasteiger partial charge in [-0.2, -0.15) is 0 Å². The second kappa shape index (κ2) is 9.94. The van der Waals surface area contributed by atoms with E-state index in [-0.39, 0.29) is 29.2 Å². The van der Waals surface area contributed by atoms with E-state index in [1.807, 2.05) is 62.4 Å². The highest BCUT2D eigenvalue weighted by atomic mass is 16.5. The summed E-state index contributed by atoms with van der Waals surface area (Å²) >= 11 is 0. The lowest BCUT2D eigenvalue weighted by Crippen LogP contribution is -2.46. The van der Waals surface area contributed by atoms with E-state index in [9.17, 15) is 14.7 Å². The van der Waals surface area contributed by atoms with Crippen molar-refractivity contribution in [3.05, 3.63) is 71.8 Å². The fraction of sp³-hybridized carbons (Fsp3) is 0.333. The van der Waals surface area contributed by atoms with Gasteiger partial charge >= 0.3 is 0 Å². The molecule has 0 radical (unpaired) electrons. The van der Waals surface area contributed by atoms with Crippen LogP contribution in [-0.2, 0) is 11.2 Å². The van der Waals surface area contributed by atoms with Crippen molar-refractivity contribution >= 4 is 22.6 Å². The van der Waals surface area contributed by atoms with E-state index in [0.717, 1.165) is 23.1 Å². The molecule has 4 rings (SSSR count). The zero-order valence-corrected chi connectivity index (χ0v) is 19.1. The Hall–Kier alpha value is -3.54. The number of likely N-dealkylation sites (tertiary alicyclic amines) is 1. The zero-order chi connectivity index (χ0) is 23.4. The second-order valence-electron chi connectivity index (χ2n) is 8.69. The summed E-state index contributed by atoms with van der Waals surface area (Å²) in [5.74, 6) is 0.335. The predicted molar refractivity (Wildman–Crippen MR) is 129 cm³/mol. The molecule has 33 heavy (non-hydrogen) atoms. The standard InChI is InChI=1S/C27H30N2O4/c1-18(2)33-21-12-9-19(10-13-21)15-16-28-26(31)24-8-5-17-29(24)27(32)23-14-11-20-6-3-4-7-22(20)25(23)30/h3-4,6-7,9-14,18,24,30H,5,8,15-17H2,1-2H3,(H,28,31). The summed E-state index contributed by atoms with van der Waals surface area (Å²) < 4.78 is 5.66. The second-order valence-corrected chi connectivity index (χ2v) is 8.69. The quantitative estimate of drug-likeness (QED) is 0.567. The summed E-state index contributed by atoms with van der Waals surface area (Å²) in [6.45, 7) is 4.97. The van der Waals surface area contributed by atoms with Gasteiger partial charge < -0.3 is 20.1 Å². The molecule has 3 aromatic carbocycles. The molecule has 1 atom stereocenters. The van der Waals surface area contributed by atoms with E-state index in [0.29, 0.717) is 31.3 Å². The Morgan fingerprint density at radius 1 is 1.09 bits per heavy atom. The molecule has 2 N–H and O–H groups in total. The molecule has 6 heteroatoms. The molecule has 0 spiro atoms. The lowest BCUT2D eigenvalue weighted by Gasteiger charge is -2.24. The lowest BCUT2D eigenvalue weighted by atomic mass is 10.0. The molecule has 1 heterocycles. The van der Waals surface area contributed by atoms with Crippen molar-refractivity contribution < 1.29 is 19.4 Å². The van der Waals surface area contributed by atoms with Gasteiger partial charge in [-0.25, -0.2) is 0 Å². The number of aromatic hydroxyl groups is 1. The molecule has 1 saturated heterocycles. The highest BCUT2D eigenvalue weighted by Gasteiger charge is 2.35. The maximum Gasteiger partial charge on any atom is 0.258 e. The molecular weight excluding hydrogens is 416 g/mol. The average molecular weight is 447 g/mol. The van der Waals surface area contributed by atoms with Gasteiger partial charge in [0.05, 0.1) is 11.7 Å². The van der Waals surface area contributed by atoms with Crippen molar-refractivity contribution in [1.82, 2.24) is 10.2 Å². The van der Waals surface area contributed by atoms with Crippen LogP contribution in [0.25, 0.3) is 10.8 Å². The molecule has 0 aromatic heterocycles. The molecule has 172 valence electrons. The summed E-state index contributed by atoms with van der Waals surface area (Å²) in [6.07, 6.45) is 2.20. The molecule has 6 nitrogen and oxygen atoms in total. The molecule has 2 amide bonds. The SMILES string of the molecule is CC(C)Oc1ccc(CCNC(=O)C2CCCN2C(=O)c2ccc3ccccc3c2O)cc1. The maximum absolute atomic E-state index is 13.2. The van der Waals surface area contributed by atoms with Crippen LogP contribution in [0.2, 0.25) is 0 Å². The van der Waals surface area contributed by atoms with Gasteiger partial charge in [-0.3, -0.25) is 9.59 Å². The maximum atomic E-state index is 13.2. The number of rotatable bonds is 7. The first kappa shape index (κ1) is 22.6. The third kappa shape index (κ3) is 5.11. The van der Waals surface area contributed by atoms with Gasteiger partial charge in [0.15, 0.2) is 0 Å². The molecule has 1 aliphatic heterocycles. The summed E-state index contributed by atoms with van der Waals surface area (Å²) in [5.41, 5.74) is 1.34. The Morgan fingerprint density at radius 2 is 1.85 bits per heavy atom. The van der Waals surface area contributed by atoms with Crippen molar-refractivity contribution in [1.29, 1.82) is 0 Å². The molecule has 3 aromatic rings. The third-order valence-corrected chi connectivity index (χ3v) is 5.96. The Balaban J connectivity index is 1.37. The van der Waals surface area contributed by atoms with Gasteiger partial charge in [-0.15, -0.1) is 0 Å². The van der Waals surface area contributed by atoms with Crippen LogP contribution in [0.1, 0.15) is 42.6 Å². The van der Waals surface area contributed by atoms with E-state index in [1.165, 1.54) is 0 Å². The molecule has 1 fully saturated rings. The van der Waals surface area contributed by atoms with Crippen LogP contribution >= 0.6 is 0 Å². The van der Waals surface area contributed by atoms with Crippen molar-refractivity contribution in [2.75, 3.05) is 13.1 Å². The van der Waals surface area contributed by atoms with Crippen LogP contribution in [0.4, 0.5) is 0 Å². The van der Waals surface area contributed by atoms with E-state index >= 15 is 0 Å². The van der Waals surface area contributed by atoms with Crippen LogP contribution in [0, 0.1) is 0 Å². The van der Waals surface area contributed by atoms with E-state index in [4.69, 9.17) is 4.74 Å². The van der Waals surface area contributed by atoms with Crippen LogP contribution in [0.15, 0.2) is 60.7 Å². The number of carbonyl (C=O) groups excluding carboxylic acids is 2. The Morgan fingerprint density at radius 3 is 2.61 bits per heavy atom. The first-order valence-corrected chi connectivity index (χ1v) is 11.5. The fourth-order valence-corrected chi connectivity index (χ4v) is 4.32. The monoisotopic (exact) mass is 446 g/mol. The summed E-state index contributed by atoms with van der Waals surface area (Å²) in [7, 11) is 0. The third-order valence-electron chi connectivity index (χ3n) is 5.96. The Kier molecular flexibility index (Phi) is 6.82. The molecule has 1 unspecified atom stereocenters. The van der Waals surface area contributed by atoms with Crippen molar-refractivity contribution in [2.45, 2.75) is 45.3 Å². The molecular formula is C27H30N2O4. The van der Waals surface area contributed by atoms with Crippen molar-refractivity contribution in [3.63, 3.8) is 0 Å². The molecule has 0 aliphatic carbocycles. The number of phenolic OH excluding ortho intramolecular Hbond substituents is 1. The number of nitrogens with zero attached hydrogens (tertiary/aromatic N) is 1. The number of ether oxygens (including phenoxy) is 1. The molecule has 1 aliphatic rings. The highest BCUT2D eigenvalue weighted by Crippen LogP contribution is 2.31. The predicted octanol–water partition coefficient (Wildman–Crippen LogP) is 4.30.